The van der Waals surface area contributed by atoms with E-state index in [4.69, 9.17) is 24.7 Å². The normalized spacial score (nSPS) is 12.9. The summed E-state index contributed by atoms with van der Waals surface area (Å²) in [6.45, 7) is 0. The summed E-state index contributed by atoms with van der Waals surface area (Å²) >= 11 is 0. The fraction of sp³-hybridized carbons (Fsp3) is 0.0169. The molecular formula is C59H36N4O. The predicted molar refractivity (Wildman–Crippen MR) is 257 cm³/mol. The van der Waals surface area contributed by atoms with Crippen molar-refractivity contribution in [1.82, 2.24) is 19.9 Å². The van der Waals surface area contributed by atoms with E-state index in [1.54, 1.807) is 0 Å². The quantitative estimate of drug-likeness (QED) is 0.162. The lowest BCUT2D eigenvalue weighted by Crippen LogP contribution is -2.32. The summed E-state index contributed by atoms with van der Waals surface area (Å²) in [5.74, 6) is 3.59. The van der Waals surface area contributed by atoms with Crippen LogP contribution in [0.5, 0.6) is 11.5 Å². The molecule has 2 aromatic heterocycles. The fourth-order valence-corrected chi connectivity index (χ4v) is 10.1. The minimum Gasteiger partial charge on any atom is -0.456 e. The number of hydrogen-bond acceptors (Lipinski definition) is 5. The Bertz CT molecular complexity index is 3520. The lowest BCUT2D eigenvalue weighted by Gasteiger charge is -2.40. The van der Waals surface area contributed by atoms with E-state index in [2.05, 4.69) is 158 Å². The molecule has 5 nitrogen and oxygen atoms in total. The molecule has 64 heavy (non-hydrogen) atoms. The van der Waals surface area contributed by atoms with E-state index >= 15 is 0 Å². The molecule has 1 aliphatic heterocycles. The van der Waals surface area contributed by atoms with Crippen LogP contribution in [0.15, 0.2) is 218 Å². The monoisotopic (exact) mass is 816 g/mol. The summed E-state index contributed by atoms with van der Waals surface area (Å²) in [4.78, 5) is 20.3. The van der Waals surface area contributed by atoms with Gasteiger partial charge in [0.25, 0.3) is 0 Å². The Morgan fingerprint density at radius 3 is 1.42 bits per heavy atom. The summed E-state index contributed by atoms with van der Waals surface area (Å²) in [5.41, 5.74) is 14.5. The lowest BCUT2D eigenvalue weighted by molar-refractivity contribution is 0.442. The largest absolute Gasteiger partial charge is 0.456 e. The molecule has 0 atom stereocenters. The highest BCUT2D eigenvalue weighted by Crippen LogP contribution is 2.63. The number of para-hydroxylation sites is 1. The van der Waals surface area contributed by atoms with Gasteiger partial charge in [-0.25, -0.2) is 19.9 Å². The van der Waals surface area contributed by atoms with Crippen LogP contribution in [0.4, 0.5) is 0 Å². The number of pyridine rings is 1. The number of rotatable bonds is 5. The number of benzene rings is 9. The number of hydrogen-bond donors (Lipinski definition) is 0. The first kappa shape index (κ1) is 36.1. The molecule has 0 amide bonds. The van der Waals surface area contributed by atoms with E-state index < -0.39 is 5.41 Å². The van der Waals surface area contributed by atoms with Crippen LogP contribution in [0.25, 0.3) is 89.4 Å². The minimum atomic E-state index is -0.583. The van der Waals surface area contributed by atoms with Gasteiger partial charge in [0.05, 0.1) is 22.0 Å². The van der Waals surface area contributed by atoms with Gasteiger partial charge < -0.3 is 4.74 Å². The van der Waals surface area contributed by atoms with E-state index in [1.807, 2.05) is 60.7 Å². The molecule has 1 aliphatic carbocycles. The van der Waals surface area contributed by atoms with Crippen LogP contribution in [0.3, 0.4) is 0 Å². The second-order valence-corrected chi connectivity index (χ2v) is 16.5. The molecule has 298 valence electrons. The summed E-state index contributed by atoms with van der Waals surface area (Å²) in [7, 11) is 0. The lowest BCUT2D eigenvalue weighted by atomic mass is 9.65. The van der Waals surface area contributed by atoms with Crippen LogP contribution in [0.2, 0.25) is 0 Å². The number of aromatic nitrogens is 4. The van der Waals surface area contributed by atoms with Crippen molar-refractivity contribution >= 4 is 21.7 Å². The highest BCUT2D eigenvalue weighted by atomic mass is 16.5. The number of ether oxygens (including phenoxy) is 1. The van der Waals surface area contributed by atoms with Crippen molar-refractivity contribution in [3.63, 3.8) is 0 Å². The molecule has 0 unspecified atom stereocenters. The highest BCUT2D eigenvalue weighted by Gasteiger charge is 2.51. The summed E-state index contributed by atoms with van der Waals surface area (Å²) < 4.78 is 7.21. The Labute approximate surface area is 370 Å². The number of fused-ring (bicyclic) bond motifs is 13. The Hall–Kier alpha value is -8.54. The Morgan fingerprint density at radius 2 is 0.812 bits per heavy atom. The molecule has 9 aromatic carbocycles. The number of nitrogens with zero attached hydrogens (tertiary/aromatic N) is 4. The minimum absolute atomic E-state index is 0.583. The molecule has 0 saturated carbocycles. The maximum Gasteiger partial charge on any atom is 0.164 e. The molecule has 0 radical (unpaired) electrons. The zero-order valence-electron chi connectivity index (χ0n) is 34.5. The molecule has 0 fully saturated rings. The van der Waals surface area contributed by atoms with Crippen molar-refractivity contribution in [2.45, 2.75) is 5.41 Å². The maximum absolute atomic E-state index is 7.21. The van der Waals surface area contributed by atoms with Gasteiger partial charge in [-0.05, 0) is 57.0 Å². The van der Waals surface area contributed by atoms with E-state index in [0.29, 0.717) is 17.5 Å². The molecule has 0 N–H and O–H groups in total. The van der Waals surface area contributed by atoms with Crippen molar-refractivity contribution in [3.8, 4) is 79.2 Å². The Morgan fingerprint density at radius 1 is 0.328 bits per heavy atom. The van der Waals surface area contributed by atoms with Gasteiger partial charge in [0.15, 0.2) is 17.5 Å². The topological polar surface area (TPSA) is 60.8 Å². The summed E-state index contributed by atoms with van der Waals surface area (Å²) in [5, 5.41) is 3.14. The Balaban J connectivity index is 0.994. The maximum atomic E-state index is 7.21. The molecule has 1 spiro atoms. The van der Waals surface area contributed by atoms with E-state index in [0.717, 1.165) is 83.4 Å². The average molecular weight is 817 g/mol. The van der Waals surface area contributed by atoms with Crippen molar-refractivity contribution < 1.29 is 4.74 Å². The van der Waals surface area contributed by atoms with Gasteiger partial charge >= 0.3 is 0 Å². The van der Waals surface area contributed by atoms with Crippen molar-refractivity contribution in [3.05, 3.63) is 241 Å². The molecule has 3 heterocycles. The van der Waals surface area contributed by atoms with Crippen molar-refractivity contribution in [2.24, 2.45) is 0 Å². The molecular weight excluding hydrogens is 781 g/mol. The first-order valence-corrected chi connectivity index (χ1v) is 21.6. The van der Waals surface area contributed by atoms with Gasteiger partial charge in [-0.3, -0.25) is 0 Å². The Kier molecular flexibility index (Phi) is 8.06. The molecule has 2 aliphatic rings. The van der Waals surface area contributed by atoms with Crippen LogP contribution in [-0.2, 0) is 5.41 Å². The SMILES string of the molecule is c1ccc(-c2nc(-c3ccccc3)nc(-c3ccc(-c4ccc5nc(-c6ccccc6)c6c7c(ccc6c5c4)C4(c5ccccc5O7)c5ccccc5-c5ccccc54)cc3)n2)cc1. The first-order valence-electron chi connectivity index (χ1n) is 21.6. The van der Waals surface area contributed by atoms with Crippen LogP contribution in [0, 0.1) is 0 Å². The van der Waals surface area contributed by atoms with Crippen molar-refractivity contribution in [2.75, 3.05) is 0 Å². The van der Waals surface area contributed by atoms with Gasteiger partial charge in [-0.1, -0.05) is 200 Å². The van der Waals surface area contributed by atoms with Gasteiger partial charge in [0.2, 0.25) is 0 Å². The van der Waals surface area contributed by atoms with Gasteiger partial charge in [0, 0.05) is 38.8 Å². The van der Waals surface area contributed by atoms with Crippen LogP contribution >= 0.6 is 0 Å². The van der Waals surface area contributed by atoms with Crippen LogP contribution < -0.4 is 4.74 Å². The first-order chi connectivity index (χ1) is 31.7. The third kappa shape index (κ3) is 5.44. The van der Waals surface area contributed by atoms with E-state index in [1.165, 1.54) is 22.3 Å². The molecule has 11 aromatic rings. The van der Waals surface area contributed by atoms with Crippen LogP contribution in [0.1, 0.15) is 22.3 Å². The summed E-state index contributed by atoms with van der Waals surface area (Å²) in [6, 6.07) is 76.7. The molecule has 5 heteroatoms. The van der Waals surface area contributed by atoms with Gasteiger partial charge in [-0.15, -0.1) is 0 Å². The second kappa shape index (κ2) is 14.3. The predicted octanol–water partition coefficient (Wildman–Crippen LogP) is 14.4. The smallest absolute Gasteiger partial charge is 0.164 e. The third-order valence-corrected chi connectivity index (χ3v) is 13.0. The molecule has 0 bridgehead atoms. The zero-order chi connectivity index (χ0) is 42.2. The van der Waals surface area contributed by atoms with Crippen LogP contribution in [-0.4, -0.2) is 19.9 Å². The standard InChI is InChI=1S/C59H36N4O/c1-4-16-38(17-5-1)54-53-45(33-34-50-55(53)64-52-27-15-14-26-49(52)59(50)47-24-12-10-22-43(47)44-23-11-13-25-48(44)59)46-36-42(32-35-51(46)60-54)37-28-30-41(31-29-37)58-62-56(39-18-6-2-7-19-39)61-57(63-58)40-20-8-3-9-21-40/h1-36H. The van der Waals surface area contributed by atoms with E-state index in [-0.39, 0.29) is 0 Å². The summed E-state index contributed by atoms with van der Waals surface area (Å²) in [6.07, 6.45) is 0. The van der Waals surface area contributed by atoms with Gasteiger partial charge in [-0.2, -0.15) is 0 Å². The average Bonchev–Trinajstić information content (AvgIpc) is 3.67. The van der Waals surface area contributed by atoms with Gasteiger partial charge in [0.1, 0.15) is 11.5 Å². The highest BCUT2D eigenvalue weighted by molar-refractivity contribution is 6.15. The third-order valence-electron chi connectivity index (χ3n) is 13.0. The van der Waals surface area contributed by atoms with Crippen molar-refractivity contribution in [1.29, 1.82) is 0 Å². The molecule has 13 rings (SSSR count). The second-order valence-electron chi connectivity index (χ2n) is 16.5. The fourth-order valence-electron chi connectivity index (χ4n) is 10.1. The molecule has 0 saturated heterocycles. The van der Waals surface area contributed by atoms with E-state index in [9.17, 15) is 0 Å². The zero-order valence-corrected chi connectivity index (χ0v) is 34.5.